The van der Waals surface area contributed by atoms with Crippen LogP contribution in [0.4, 0.5) is 10.1 Å². The van der Waals surface area contributed by atoms with Crippen LogP contribution in [-0.4, -0.2) is 33.4 Å². The molecule has 0 spiro atoms. The van der Waals surface area contributed by atoms with Crippen LogP contribution in [0.25, 0.3) is 0 Å². The van der Waals surface area contributed by atoms with Crippen LogP contribution in [0.5, 0.6) is 0 Å². The number of nitrogens with one attached hydrogen (secondary N) is 1. The summed E-state index contributed by atoms with van der Waals surface area (Å²) >= 11 is 0. The topological polar surface area (TPSA) is 24.5 Å². The van der Waals surface area contributed by atoms with Gasteiger partial charge in [0.25, 0.3) is 0 Å². The van der Waals surface area contributed by atoms with E-state index in [4.69, 9.17) is 4.74 Å². The minimum absolute atomic E-state index is 0.142. The molecule has 0 bridgehead atoms. The van der Waals surface area contributed by atoms with E-state index >= 15 is 0 Å². The number of hydrogen-bond acceptors (Lipinski definition) is 3. The molecule has 0 radical (unpaired) electrons. The van der Waals surface area contributed by atoms with Crippen LogP contribution in [0.3, 0.4) is 0 Å². The van der Waals surface area contributed by atoms with E-state index in [1.54, 1.807) is 6.07 Å². The number of hydrogen-bond donors (Lipinski definition) is 1. The molecule has 0 aliphatic carbocycles. The zero-order valence-corrected chi connectivity index (χ0v) is 10.4. The Bertz CT molecular complexity index is 378. The Morgan fingerprint density at radius 3 is 2.71 bits per heavy atom. The highest BCUT2D eigenvalue weighted by molar-refractivity contribution is 5.55. The van der Waals surface area contributed by atoms with Crippen LogP contribution in [0.2, 0.25) is 0 Å². The number of ether oxygens (including phenoxy) is 1. The second-order valence-corrected chi connectivity index (χ2v) is 4.31. The molecular weight excluding hydrogens is 219 g/mol. The van der Waals surface area contributed by atoms with Gasteiger partial charge in [0, 0.05) is 24.8 Å². The van der Waals surface area contributed by atoms with Gasteiger partial charge in [-0.15, -0.1) is 0 Å². The molecule has 0 amide bonds. The molecule has 0 saturated carbocycles. The van der Waals surface area contributed by atoms with Crippen molar-refractivity contribution in [3.8, 4) is 0 Å². The quantitative estimate of drug-likeness (QED) is 0.871. The summed E-state index contributed by atoms with van der Waals surface area (Å²) in [5.74, 6) is -0.181. The zero-order valence-electron chi connectivity index (χ0n) is 10.4. The van der Waals surface area contributed by atoms with Crippen LogP contribution in [-0.2, 0) is 4.74 Å². The van der Waals surface area contributed by atoms with Crippen LogP contribution in [0.1, 0.15) is 18.5 Å². The molecular formula is C13H19FN2O. The van der Waals surface area contributed by atoms with Crippen molar-refractivity contribution in [1.82, 2.24) is 5.32 Å². The van der Waals surface area contributed by atoms with Gasteiger partial charge in [-0.1, -0.05) is 0 Å². The first-order valence-electron chi connectivity index (χ1n) is 6.02. The molecule has 1 aromatic rings. The molecule has 1 unspecified atom stereocenters. The normalized spacial score (nSPS) is 18.2. The first-order valence-corrected chi connectivity index (χ1v) is 6.02. The molecule has 0 aromatic heterocycles. The lowest BCUT2D eigenvalue weighted by atomic mass is 10.0. The smallest absolute Gasteiger partial charge is 0.123 e. The number of rotatable bonds is 3. The molecule has 1 aliphatic rings. The molecule has 2 rings (SSSR count). The van der Waals surface area contributed by atoms with Crippen molar-refractivity contribution in [3.63, 3.8) is 0 Å². The fourth-order valence-electron chi connectivity index (χ4n) is 2.12. The minimum Gasteiger partial charge on any atom is -0.378 e. The van der Waals surface area contributed by atoms with Crippen molar-refractivity contribution >= 4 is 5.69 Å². The van der Waals surface area contributed by atoms with Crippen molar-refractivity contribution < 1.29 is 9.13 Å². The highest BCUT2D eigenvalue weighted by Crippen LogP contribution is 2.27. The molecule has 94 valence electrons. The van der Waals surface area contributed by atoms with E-state index in [9.17, 15) is 4.39 Å². The first-order chi connectivity index (χ1) is 8.22. The standard InChI is InChI=1S/C13H19FN2O/c1-10(15-2)12-9-11(14)3-4-13(12)16-5-7-17-8-6-16/h3-4,9-10,15H,5-8H2,1-2H3. The molecule has 1 aromatic carbocycles. The maximum Gasteiger partial charge on any atom is 0.123 e. The highest BCUT2D eigenvalue weighted by atomic mass is 19.1. The Morgan fingerprint density at radius 2 is 2.06 bits per heavy atom. The number of anilines is 1. The van der Waals surface area contributed by atoms with Gasteiger partial charge < -0.3 is 15.0 Å². The van der Waals surface area contributed by atoms with E-state index in [2.05, 4.69) is 10.2 Å². The molecule has 1 aliphatic heterocycles. The molecule has 17 heavy (non-hydrogen) atoms. The van der Waals surface area contributed by atoms with Gasteiger partial charge in [0.1, 0.15) is 5.82 Å². The number of nitrogens with zero attached hydrogens (tertiary/aromatic N) is 1. The van der Waals surface area contributed by atoms with Gasteiger partial charge in [-0.25, -0.2) is 4.39 Å². The van der Waals surface area contributed by atoms with Gasteiger partial charge in [0.15, 0.2) is 0 Å². The Morgan fingerprint density at radius 1 is 1.35 bits per heavy atom. The Kier molecular flexibility index (Phi) is 3.97. The fraction of sp³-hybridized carbons (Fsp3) is 0.538. The average Bonchev–Trinajstić information content (AvgIpc) is 2.38. The summed E-state index contributed by atoms with van der Waals surface area (Å²) in [5.41, 5.74) is 2.12. The molecule has 1 atom stereocenters. The Balaban J connectivity index is 2.30. The van der Waals surface area contributed by atoms with Crippen molar-refractivity contribution in [2.75, 3.05) is 38.3 Å². The zero-order chi connectivity index (χ0) is 12.3. The van der Waals surface area contributed by atoms with Crippen LogP contribution < -0.4 is 10.2 Å². The van der Waals surface area contributed by atoms with Gasteiger partial charge in [-0.05, 0) is 37.7 Å². The van der Waals surface area contributed by atoms with Crippen LogP contribution >= 0.6 is 0 Å². The van der Waals surface area contributed by atoms with Crippen molar-refractivity contribution in [2.24, 2.45) is 0 Å². The fourth-order valence-corrected chi connectivity index (χ4v) is 2.12. The highest BCUT2D eigenvalue weighted by Gasteiger charge is 2.17. The molecule has 1 saturated heterocycles. The third kappa shape index (κ3) is 2.76. The number of halogens is 1. The molecule has 4 heteroatoms. The first kappa shape index (κ1) is 12.3. The molecule has 3 nitrogen and oxygen atoms in total. The van der Waals surface area contributed by atoms with Gasteiger partial charge in [0.05, 0.1) is 13.2 Å². The third-order valence-corrected chi connectivity index (χ3v) is 3.24. The maximum atomic E-state index is 13.3. The summed E-state index contributed by atoms with van der Waals surface area (Å²) in [6.07, 6.45) is 0. The van der Waals surface area contributed by atoms with E-state index in [0.29, 0.717) is 0 Å². The van der Waals surface area contributed by atoms with Crippen molar-refractivity contribution in [2.45, 2.75) is 13.0 Å². The summed E-state index contributed by atoms with van der Waals surface area (Å²) in [6.45, 7) is 5.26. The van der Waals surface area contributed by atoms with E-state index in [1.165, 1.54) is 6.07 Å². The second kappa shape index (κ2) is 5.47. The second-order valence-electron chi connectivity index (χ2n) is 4.31. The van der Waals surface area contributed by atoms with Crippen molar-refractivity contribution in [3.05, 3.63) is 29.6 Å². The van der Waals surface area contributed by atoms with E-state index in [-0.39, 0.29) is 11.9 Å². The predicted octanol–water partition coefficient (Wildman–Crippen LogP) is 1.94. The summed E-state index contributed by atoms with van der Waals surface area (Å²) < 4.78 is 18.7. The van der Waals surface area contributed by atoms with Gasteiger partial charge >= 0.3 is 0 Å². The summed E-state index contributed by atoms with van der Waals surface area (Å²) in [6, 6.07) is 5.15. The predicted molar refractivity (Wildman–Crippen MR) is 66.9 cm³/mol. The number of benzene rings is 1. The summed E-state index contributed by atoms with van der Waals surface area (Å²) in [5, 5.41) is 3.16. The molecule has 1 fully saturated rings. The number of morpholine rings is 1. The van der Waals surface area contributed by atoms with E-state index in [0.717, 1.165) is 37.6 Å². The summed E-state index contributed by atoms with van der Waals surface area (Å²) in [7, 11) is 1.89. The summed E-state index contributed by atoms with van der Waals surface area (Å²) in [4.78, 5) is 2.26. The van der Waals surface area contributed by atoms with Crippen LogP contribution in [0, 0.1) is 5.82 Å². The largest absolute Gasteiger partial charge is 0.378 e. The van der Waals surface area contributed by atoms with Gasteiger partial charge in [-0.2, -0.15) is 0 Å². The lowest BCUT2D eigenvalue weighted by molar-refractivity contribution is 0.122. The monoisotopic (exact) mass is 238 g/mol. The lowest BCUT2D eigenvalue weighted by Gasteiger charge is -2.31. The lowest BCUT2D eigenvalue weighted by Crippen LogP contribution is -2.37. The van der Waals surface area contributed by atoms with Crippen LogP contribution in [0.15, 0.2) is 18.2 Å². The molecule has 1 N–H and O–H groups in total. The maximum absolute atomic E-state index is 13.3. The van der Waals surface area contributed by atoms with E-state index in [1.807, 2.05) is 20.0 Å². The van der Waals surface area contributed by atoms with E-state index < -0.39 is 0 Å². The molecule has 1 heterocycles. The SMILES string of the molecule is CNC(C)c1cc(F)ccc1N1CCOCC1. The van der Waals surface area contributed by atoms with Gasteiger partial charge in [0.2, 0.25) is 0 Å². The Labute approximate surface area is 102 Å². The minimum atomic E-state index is -0.181. The average molecular weight is 238 g/mol. The third-order valence-electron chi connectivity index (χ3n) is 3.24. The van der Waals surface area contributed by atoms with Gasteiger partial charge in [-0.3, -0.25) is 0 Å². The Hall–Kier alpha value is -1.13. The van der Waals surface area contributed by atoms with Crippen molar-refractivity contribution in [1.29, 1.82) is 0 Å².